The Hall–Kier alpha value is -2.46. The molecule has 0 saturated heterocycles. The molecule has 0 unspecified atom stereocenters. The van der Waals surface area contributed by atoms with Gasteiger partial charge in [-0.1, -0.05) is 17.7 Å². The molecule has 0 aliphatic rings. The average molecular weight is 361 g/mol. The third kappa shape index (κ3) is 5.54. The predicted octanol–water partition coefficient (Wildman–Crippen LogP) is 5.06. The van der Waals surface area contributed by atoms with Crippen LogP contribution in [0.5, 0.6) is 17.2 Å². The number of aryl methyl sites for hydroxylation is 1. The van der Waals surface area contributed by atoms with E-state index in [4.69, 9.17) is 25.8 Å². The van der Waals surface area contributed by atoms with Gasteiger partial charge in [-0.05, 0) is 68.3 Å². The van der Waals surface area contributed by atoms with E-state index in [0.29, 0.717) is 22.3 Å². The summed E-state index contributed by atoms with van der Waals surface area (Å²) >= 11 is 5.89. The molecule has 0 bridgehead atoms. The molecule has 2 aromatic rings. The van der Waals surface area contributed by atoms with Gasteiger partial charge in [-0.2, -0.15) is 0 Å². The number of halogens is 1. The standard InChI is InChI=1S/C20H21ClO4/c1-13(2)24-18-8-5-15(12-19(18)23-4)6-10-20(22)25-17-9-7-16(21)11-14(17)3/h5-13H,1-4H3/b10-6+. The van der Waals surface area contributed by atoms with E-state index in [1.807, 2.05) is 32.9 Å². The van der Waals surface area contributed by atoms with Crippen LogP contribution < -0.4 is 14.2 Å². The molecule has 132 valence electrons. The molecule has 4 nitrogen and oxygen atoms in total. The van der Waals surface area contributed by atoms with Crippen molar-refractivity contribution in [2.75, 3.05) is 7.11 Å². The lowest BCUT2D eigenvalue weighted by atomic mass is 10.2. The van der Waals surface area contributed by atoms with Crippen LogP contribution in [0.2, 0.25) is 5.02 Å². The molecular formula is C20H21ClO4. The molecule has 0 aromatic heterocycles. The maximum absolute atomic E-state index is 12.0. The number of hydrogen-bond donors (Lipinski definition) is 0. The minimum Gasteiger partial charge on any atom is -0.493 e. The zero-order valence-electron chi connectivity index (χ0n) is 14.7. The smallest absolute Gasteiger partial charge is 0.336 e. The molecule has 0 N–H and O–H groups in total. The van der Waals surface area contributed by atoms with Crippen LogP contribution >= 0.6 is 11.6 Å². The van der Waals surface area contributed by atoms with E-state index in [2.05, 4.69) is 0 Å². The number of benzene rings is 2. The Morgan fingerprint density at radius 3 is 2.44 bits per heavy atom. The predicted molar refractivity (Wildman–Crippen MR) is 99.6 cm³/mol. The molecule has 0 aliphatic carbocycles. The summed E-state index contributed by atoms with van der Waals surface area (Å²) in [6.07, 6.45) is 3.08. The lowest BCUT2D eigenvalue weighted by Crippen LogP contribution is -2.06. The van der Waals surface area contributed by atoms with E-state index in [1.165, 1.54) is 6.08 Å². The van der Waals surface area contributed by atoms with Gasteiger partial charge in [0, 0.05) is 11.1 Å². The summed E-state index contributed by atoms with van der Waals surface area (Å²) in [5.41, 5.74) is 1.60. The Kier molecular flexibility index (Phi) is 6.48. The summed E-state index contributed by atoms with van der Waals surface area (Å²) in [7, 11) is 1.58. The van der Waals surface area contributed by atoms with Crippen LogP contribution in [0.3, 0.4) is 0 Å². The number of carbonyl (C=O) groups is 1. The Bertz CT molecular complexity index is 781. The van der Waals surface area contributed by atoms with Gasteiger partial charge >= 0.3 is 5.97 Å². The molecule has 0 aliphatic heterocycles. The van der Waals surface area contributed by atoms with Crippen LogP contribution in [0.15, 0.2) is 42.5 Å². The first-order valence-corrected chi connectivity index (χ1v) is 8.27. The number of carbonyl (C=O) groups excluding carboxylic acids is 1. The molecule has 25 heavy (non-hydrogen) atoms. The van der Waals surface area contributed by atoms with Gasteiger partial charge in [0.15, 0.2) is 11.5 Å². The Balaban J connectivity index is 2.08. The Morgan fingerprint density at radius 1 is 1.08 bits per heavy atom. The minimum atomic E-state index is -0.466. The van der Waals surface area contributed by atoms with E-state index in [1.54, 1.807) is 37.5 Å². The van der Waals surface area contributed by atoms with Crippen LogP contribution in [0.25, 0.3) is 6.08 Å². The summed E-state index contributed by atoms with van der Waals surface area (Å²) in [6, 6.07) is 10.6. The first-order valence-electron chi connectivity index (χ1n) is 7.90. The highest BCUT2D eigenvalue weighted by atomic mass is 35.5. The van der Waals surface area contributed by atoms with E-state index < -0.39 is 5.97 Å². The summed E-state index contributed by atoms with van der Waals surface area (Å²) in [4.78, 5) is 12.0. The van der Waals surface area contributed by atoms with Gasteiger partial charge in [0.1, 0.15) is 5.75 Å². The maximum atomic E-state index is 12.0. The van der Waals surface area contributed by atoms with Crippen LogP contribution in [0.1, 0.15) is 25.0 Å². The van der Waals surface area contributed by atoms with Crippen molar-refractivity contribution in [1.82, 2.24) is 0 Å². The molecule has 5 heteroatoms. The number of ether oxygens (including phenoxy) is 3. The summed E-state index contributed by atoms with van der Waals surface area (Å²) < 4.78 is 16.3. The molecule has 0 amide bonds. The normalized spacial score (nSPS) is 11.0. The van der Waals surface area contributed by atoms with E-state index >= 15 is 0 Å². The molecule has 0 fully saturated rings. The van der Waals surface area contributed by atoms with Crippen molar-refractivity contribution in [3.63, 3.8) is 0 Å². The van der Waals surface area contributed by atoms with Crippen molar-refractivity contribution in [3.05, 3.63) is 58.6 Å². The number of methoxy groups -OCH3 is 1. The zero-order chi connectivity index (χ0) is 18.4. The first-order chi connectivity index (χ1) is 11.9. The monoisotopic (exact) mass is 360 g/mol. The van der Waals surface area contributed by atoms with Gasteiger partial charge in [0.05, 0.1) is 13.2 Å². The quantitative estimate of drug-likeness (QED) is 0.410. The number of esters is 1. The van der Waals surface area contributed by atoms with Crippen LogP contribution in [-0.2, 0) is 4.79 Å². The zero-order valence-corrected chi connectivity index (χ0v) is 15.5. The van der Waals surface area contributed by atoms with Gasteiger partial charge in [-0.15, -0.1) is 0 Å². The second-order valence-corrected chi connectivity index (χ2v) is 6.18. The van der Waals surface area contributed by atoms with Crippen molar-refractivity contribution < 1.29 is 19.0 Å². The average Bonchev–Trinajstić information content (AvgIpc) is 2.56. The molecule has 2 aromatic carbocycles. The summed E-state index contributed by atoms with van der Waals surface area (Å²) in [6.45, 7) is 5.72. The van der Waals surface area contributed by atoms with Gasteiger partial charge in [-0.3, -0.25) is 0 Å². The SMILES string of the molecule is COc1cc(/C=C/C(=O)Oc2ccc(Cl)cc2C)ccc1OC(C)C. The lowest BCUT2D eigenvalue weighted by molar-refractivity contribution is -0.128. The van der Waals surface area contributed by atoms with Crippen molar-refractivity contribution >= 4 is 23.6 Å². The van der Waals surface area contributed by atoms with Crippen molar-refractivity contribution in [2.24, 2.45) is 0 Å². The highest BCUT2D eigenvalue weighted by Gasteiger charge is 2.08. The van der Waals surface area contributed by atoms with Crippen molar-refractivity contribution in [3.8, 4) is 17.2 Å². The lowest BCUT2D eigenvalue weighted by Gasteiger charge is -2.13. The number of hydrogen-bond acceptors (Lipinski definition) is 4. The second kappa shape index (κ2) is 8.58. The highest BCUT2D eigenvalue weighted by molar-refractivity contribution is 6.30. The van der Waals surface area contributed by atoms with Crippen molar-refractivity contribution in [1.29, 1.82) is 0 Å². The molecular weight excluding hydrogens is 340 g/mol. The third-order valence-corrected chi connectivity index (χ3v) is 3.54. The van der Waals surface area contributed by atoms with Gasteiger partial charge in [0.2, 0.25) is 0 Å². The minimum absolute atomic E-state index is 0.0490. The fourth-order valence-corrected chi connectivity index (χ4v) is 2.40. The van der Waals surface area contributed by atoms with Gasteiger partial charge in [-0.25, -0.2) is 4.79 Å². The van der Waals surface area contributed by atoms with E-state index in [0.717, 1.165) is 11.1 Å². The van der Waals surface area contributed by atoms with Gasteiger partial charge < -0.3 is 14.2 Å². The van der Waals surface area contributed by atoms with Gasteiger partial charge in [0.25, 0.3) is 0 Å². The van der Waals surface area contributed by atoms with Crippen LogP contribution in [-0.4, -0.2) is 19.2 Å². The topological polar surface area (TPSA) is 44.8 Å². The highest BCUT2D eigenvalue weighted by Crippen LogP contribution is 2.29. The number of rotatable bonds is 6. The Labute approximate surface area is 153 Å². The largest absolute Gasteiger partial charge is 0.493 e. The molecule has 0 heterocycles. The summed E-state index contributed by atoms with van der Waals surface area (Å²) in [5.74, 6) is 1.29. The first kappa shape index (κ1) is 18.9. The summed E-state index contributed by atoms with van der Waals surface area (Å²) in [5, 5.41) is 0.601. The van der Waals surface area contributed by atoms with Crippen LogP contribution in [0, 0.1) is 6.92 Å². The molecule has 2 rings (SSSR count). The molecule has 0 spiro atoms. The second-order valence-electron chi connectivity index (χ2n) is 5.74. The molecule has 0 atom stereocenters. The van der Waals surface area contributed by atoms with E-state index in [-0.39, 0.29) is 6.10 Å². The molecule has 0 saturated carbocycles. The maximum Gasteiger partial charge on any atom is 0.336 e. The fraction of sp³-hybridized carbons (Fsp3) is 0.250. The van der Waals surface area contributed by atoms with Crippen molar-refractivity contribution in [2.45, 2.75) is 26.9 Å². The van der Waals surface area contributed by atoms with E-state index in [9.17, 15) is 4.79 Å². The van der Waals surface area contributed by atoms with Crippen LogP contribution in [0.4, 0.5) is 0 Å². The third-order valence-electron chi connectivity index (χ3n) is 3.31. The molecule has 0 radical (unpaired) electrons. The fourth-order valence-electron chi connectivity index (χ4n) is 2.17. The Morgan fingerprint density at radius 2 is 1.80 bits per heavy atom.